The van der Waals surface area contributed by atoms with E-state index in [1.807, 2.05) is 0 Å². The van der Waals surface area contributed by atoms with Crippen molar-refractivity contribution < 1.29 is 185 Å². The van der Waals surface area contributed by atoms with Gasteiger partial charge in [-0.3, -0.25) is 9.59 Å². The Bertz CT molecular complexity index is 364. The van der Waals surface area contributed by atoms with E-state index in [2.05, 4.69) is 0 Å². The average Bonchev–Trinajstić information content (AvgIpc) is 1.95. The minimum Gasteiger partial charge on any atom is -1.00 e. The molecule has 0 unspecified atom stereocenters. The molecular weight excluding hydrogens is 406 g/mol. The molecule has 17 heteroatoms. The number of phosphoric acid groups is 1. The first kappa shape index (κ1) is 44.9. The van der Waals surface area contributed by atoms with Gasteiger partial charge in [-0.1, -0.05) is 0 Å². The molecule has 0 aromatic rings. The van der Waals surface area contributed by atoms with E-state index in [-0.39, 0.29) is 131 Å². The van der Waals surface area contributed by atoms with Gasteiger partial charge in [0.1, 0.15) is 0 Å². The van der Waals surface area contributed by atoms with Crippen LogP contribution in [0, 0.1) is 0 Å². The average molecular weight is 415 g/mol. The van der Waals surface area contributed by atoms with Gasteiger partial charge in [0.05, 0.1) is 12.8 Å². The predicted octanol–water partition coefficient (Wildman–Crippen LogP) is -19.1. The van der Waals surface area contributed by atoms with E-state index in [1.165, 1.54) is 0 Å². The Morgan fingerprint density at radius 1 is 0.826 bits per heavy atom. The van der Waals surface area contributed by atoms with Gasteiger partial charge < -0.3 is 52.1 Å². The topological polar surface area (TPSA) is 218 Å². The van der Waals surface area contributed by atoms with Crippen LogP contribution in [0.3, 0.4) is 0 Å². The van der Waals surface area contributed by atoms with Gasteiger partial charge in [-0.2, -0.15) is 7.82 Å². The van der Waals surface area contributed by atoms with E-state index in [0.29, 0.717) is 0 Å². The van der Waals surface area contributed by atoms with Gasteiger partial charge in [0.25, 0.3) is 0 Å². The van der Waals surface area contributed by atoms with Gasteiger partial charge in [0, 0.05) is 0 Å². The maximum atomic E-state index is 10.3. The fraction of sp³-hybridized carbons (Fsp3) is 0.500. The Morgan fingerprint density at radius 2 is 1.00 bits per heavy atom. The number of halogens is 1. The van der Waals surface area contributed by atoms with Crippen molar-refractivity contribution in [3.05, 3.63) is 0 Å². The van der Waals surface area contributed by atoms with Crippen molar-refractivity contribution in [1.82, 2.24) is 0 Å². The summed E-state index contributed by atoms with van der Waals surface area (Å²) >= 11 is 0. The van der Waals surface area contributed by atoms with E-state index in [0.717, 1.165) is 0 Å². The SMILES string of the molecule is O=C(O)CC(O)(CC(=O)O)C(=O)O.O=P([O-])([O-])[O-].[Cl-].[Na+].[Na+].[Na+].[Na+]. The quantitative estimate of drug-likeness (QED) is 0.244. The van der Waals surface area contributed by atoms with Crippen LogP contribution in [0.5, 0.6) is 0 Å². The van der Waals surface area contributed by atoms with E-state index >= 15 is 0 Å². The summed E-state index contributed by atoms with van der Waals surface area (Å²) in [6.07, 6.45) is -2.29. The summed E-state index contributed by atoms with van der Waals surface area (Å²) in [5.74, 6) is -5.02. The second-order valence-corrected chi connectivity index (χ2v) is 3.82. The molecule has 0 spiro atoms. The van der Waals surface area contributed by atoms with Crippen LogP contribution in [0.15, 0.2) is 0 Å². The third-order valence-corrected chi connectivity index (χ3v) is 1.29. The summed E-state index contributed by atoms with van der Waals surface area (Å²) in [6, 6.07) is 0. The first-order chi connectivity index (χ1) is 7.78. The van der Waals surface area contributed by atoms with Crippen molar-refractivity contribution in [3.63, 3.8) is 0 Å². The standard InChI is InChI=1S/C6H8O7.ClH.4Na.H3O4P/c7-3(8)1-6(13,5(11)12)2-4(9)10;;;;;;1-5(2,3)4/h13H,1-2H2,(H,7,8)(H,9,10)(H,11,12);1H;;;;;(H3,1,2,3,4)/q;;4*+1;/p-4. The number of hydrogen-bond donors (Lipinski definition) is 4. The summed E-state index contributed by atoms with van der Waals surface area (Å²) in [5, 5.41) is 33.8. The first-order valence-electron chi connectivity index (χ1n) is 3.90. The van der Waals surface area contributed by atoms with Crippen LogP contribution in [-0.2, 0) is 18.9 Å². The molecule has 0 aliphatic carbocycles. The smallest absolute Gasteiger partial charge is 1.00 e. The van der Waals surface area contributed by atoms with E-state index in [4.69, 9.17) is 39.7 Å². The molecule has 0 rings (SSSR count). The third-order valence-electron chi connectivity index (χ3n) is 1.29. The molecule has 11 nitrogen and oxygen atoms in total. The molecule has 0 heterocycles. The molecular formula is C6H8ClNa4O11P. The van der Waals surface area contributed by atoms with Gasteiger partial charge in [-0.05, 0) is 0 Å². The molecule has 114 valence electrons. The van der Waals surface area contributed by atoms with Crippen molar-refractivity contribution in [1.29, 1.82) is 0 Å². The van der Waals surface area contributed by atoms with Gasteiger partial charge >= 0.3 is 136 Å². The number of rotatable bonds is 5. The van der Waals surface area contributed by atoms with Crippen LogP contribution in [0.1, 0.15) is 12.8 Å². The number of carbonyl (C=O) groups is 3. The van der Waals surface area contributed by atoms with Gasteiger partial charge in [-0.15, -0.1) is 0 Å². The monoisotopic (exact) mass is 414 g/mol. The molecule has 23 heavy (non-hydrogen) atoms. The van der Waals surface area contributed by atoms with Crippen molar-refractivity contribution in [3.8, 4) is 0 Å². The second kappa shape index (κ2) is 21.1. The maximum absolute atomic E-state index is 10.3. The van der Waals surface area contributed by atoms with E-state index in [9.17, 15) is 14.4 Å². The Kier molecular flexibility index (Phi) is 41.1. The Morgan fingerprint density at radius 3 is 1.09 bits per heavy atom. The number of hydrogen-bond acceptors (Lipinski definition) is 8. The fourth-order valence-electron chi connectivity index (χ4n) is 0.714. The maximum Gasteiger partial charge on any atom is 1.00 e. The molecule has 0 amide bonds. The molecule has 0 aromatic carbocycles. The van der Waals surface area contributed by atoms with Crippen LogP contribution >= 0.6 is 7.82 Å². The minimum absolute atomic E-state index is 0. The molecule has 4 N–H and O–H groups in total. The Hall–Kier alpha value is 2.77. The summed E-state index contributed by atoms with van der Waals surface area (Å²) in [7, 11) is -5.39. The molecule has 0 atom stereocenters. The molecule has 0 fully saturated rings. The van der Waals surface area contributed by atoms with Crippen LogP contribution in [0.4, 0.5) is 0 Å². The molecule has 0 aliphatic rings. The predicted molar refractivity (Wildman–Crippen MR) is 44.7 cm³/mol. The van der Waals surface area contributed by atoms with Crippen molar-refractivity contribution >= 4 is 25.7 Å². The minimum atomic E-state index is -5.39. The second-order valence-electron chi connectivity index (χ2n) is 2.92. The van der Waals surface area contributed by atoms with Crippen molar-refractivity contribution in [2.24, 2.45) is 0 Å². The Balaban J connectivity index is -0.0000000455. The molecule has 0 saturated heterocycles. The van der Waals surface area contributed by atoms with Crippen LogP contribution < -0.4 is 145 Å². The van der Waals surface area contributed by atoms with Gasteiger partial charge in [0.2, 0.25) is 0 Å². The summed E-state index contributed by atoms with van der Waals surface area (Å²) < 4.78 is 8.55. The van der Waals surface area contributed by atoms with E-state index in [1.54, 1.807) is 0 Å². The molecule has 0 bridgehead atoms. The van der Waals surface area contributed by atoms with Crippen molar-refractivity contribution in [2.45, 2.75) is 18.4 Å². The number of carboxylic acids is 3. The third kappa shape index (κ3) is 36.5. The zero-order valence-corrected chi connectivity index (χ0v) is 22.5. The van der Waals surface area contributed by atoms with Crippen LogP contribution in [0.25, 0.3) is 0 Å². The molecule has 0 radical (unpaired) electrons. The Labute approximate surface area is 225 Å². The molecule has 0 aromatic heterocycles. The summed E-state index contributed by atoms with van der Waals surface area (Å²) in [5.41, 5.74) is -2.74. The molecule has 0 aliphatic heterocycles. The van der Waals surface area contributed by atoms with Crippen molar-refractivity contribution in [2.75, 3.05) is 0 Å². The zero-order chi connectivity index (χ0) is 15.1. The van der Waals surface area contributed by atoms with Gasteiger partial charge in [0.15, 0.2) is 5.60 Å². The zero-order valence-electron chi connectivity index (χ0n) is 12.9. The number of aliphatic carboxylic acids is 3. The van der Waals surface area contributed by atoms with Crippen LogP contribution in [0.2, 0.25) is 0 Å². The fourth-order valence-corrected chi connectivity index (χ4v) is 0.714. The first-order valence-corrected chi connectivity index (χ1v) is 5.36. The summed E-state index contributed by atoms with van der Waals surface area (Å²) in [6.45, 7) is 0. The molecule has 0 saturated carbocycles. The normalized spacial score (nSPS) is 8.70. The number of aliphatic hydroxyl groups is 1. The van der Waals surface area contributed by atoms with Gasteiger partial charge in [-0.25, -0.2) is 4.79 Å². The largest absolute Gasteiger partial charge is 1.00 e. The van der Waals surface area contributed by atoms with Crippen LogP contribution in [-0.4, -0.2) is 43.9 Å². The van der Waals surface area contributed by atoms with E-state index < -0.39 is 44.2 Å². The number of carboxylic acid groups (broad SMARTS) is 3. The summed E-state index contributed by atoms with van der Waals surface area (Å²) in [4.78, 5) is 56.1.